The van der Waals surface area contributed by atoms with Gasteiger partial charge in [-0.15, -0.1) is 0 Å². The monoisotopic (exact) mass is 308 g/mol. The van der Waals surface area contributed by atoms with E-state index in [-0.39, 0.29) is 28.8 Å². The van der Waals surface area contributed by atoms with E-state index in [0.717, 1.165) is 5.69 Å². The van der Waals surface area contributed by atoms with E-state index in [1.54, 1.807) is 6.07 Å². The Kier molecular flexibility index (Phi) is 4.67. The molecule has 4 nitrogen and oxygen atoms in total. The number of halogens is 1. The van der Waals surface area contributed by atoms with Gasteiger partial charge in [0.25, 0.3) is 5.91 Å². The highest BCUT2D eigenvalue weighted by Crippen LogP contribution is 2.27. The number of carbonyl (C=O) groups excluding carboxylic acids is 2. The zero-order chi connectivity index (χ0) is 15.7. The van der Waals surface area contributed by atoms with Crippen molar-refractivity contribution in [3.8, 4) is 0 Å². The van der Waals surface area contributed by atoms with Crippen LogP contribution in [0.15, 0.2) is 12.1 Å². The molecule has 0 aliphatic carbocycles. The van der Waals surface area contributed by atoms with E-state index in [9.17, 15) is 9.59 Å². The fraction of sp³-hybridized carbons (Fsp3) is 0.562. The van der Waals surface area contributed by atoms with Crippen molar-refractivity contribution in [2.45, 2.75) is 40.0 Å². The standard InChI is InChI=1S/C16H21ClN2O2/c1-9(2)12-7-15(20)19(8-12)16(21)11-5-13(10(3)4)18-14(17)6-11/h5-6,9-10,12H,7-8H2,1-4H3. The summed E-state index contributed by atoms with van der Waals surface area (Å²) in [7, 11) is 0. The maximum absolute atomic E-state index is 12.6. The number of carbonyl (C=O) groups is 2. The lowest BCUT2D eigenvalue weighted by Gasteiger charge is -2.17. The minimum Gasteiger partial charge on any atom is -0.278 e. The SMILES string of the molecule is CC(C)c1cc(C(=O)N2CC(C(C)C)CC2=O)cc(Cl)n1. The Hall–Kier alpha value is -1.42. The molecule has 21 heavy (non-hydrogen) atoms. The third-order valence-corrected chi connectivity index (χ3v) is 4.19. The van der Waals surface area contributed by atoms with Gasteiger partial charge in [-0.2, -0.15) is 0 Å². The quantitative estimate of drug-likeness (QED) is 0.634. The van der Waals surface area contributed by atoms with Crippen LogP contribution in [0.3, 0.4) is 0 Å². The predicted molar refractivity (Wildman–Crippen MR) is 82.3 cm³/mol. The van der Waals surface area contributed by atoms with Crippen LogP contribution in [0, 0.1) is 11.8 Å². The Labute approximate surface area is 130 Å². The summed E-state index contributed by atoms with van der Waals surface area (Å²) in [6.45, 7) is 8.62. The third-order valence-electron chi connectivity index (χ3n) is 4.00. The minimum atomic E-state index is -0.269. The van der Waals surface area contributed by atoms with Gasteiger partial charge in [0.2, 0.25) is 5.91 Å². The highest BCUT2D eigenvalue weighted by Gasteiger charge is 2.35. The maximum atomic E-state index is 12.6. The summed E-state index contributed by atoms with van der Waals surface area (Å²) in [5.74, 6) is 0.433. The number of likely N-dealkylation sites (tertiary alicyclic amines) is 1. The van der Waals surface area contributed by atoms with Gasteiger partial charge in [-0.25, -0.2) is 4.98 Å². The minimum absolute atomic E-state index is 0.0993. The van der Waals surface area contributed by atoms with Crippen LogP contribution in [0.2, 0.25) is 5.15 Å². The molecule has 2 heterocycles. The van der Waals surface area contributed by atoms with Crippen molar-refractivity contribution in [3.05, 3.63) is 28.5 Å². The average Bonchev–Trinajstić information content (AvgIpc) is 2.79. The van der Waals surface area contributed by atoms with Crippen LogP contribution in [-0.2, 0) is 4.79 Å². The van der Waals surface area contributed by atoms with Crippen LogP contribution in [-0.4, -0.2) is 28.2 Å². The summed E-state index contributed by atoms with van der Waals surface area (Å²) in [4.78, 5) is 30.2. The molecular formula is C16H21ClN2O2. The molecule has 0 spiro atoms. The van der Waals surface area contributed by atoms with E-state index in [1.165, 1.54) is 11.0 Å². The van der Waals surface area contributed by atoms with Gasteiger partial charge in [0, 0.05) is 24.2 Å². The van der Waals surface area contributed by atoms with E-state index < -0.39 is 0 Å². The number of amides is 2. The molecule has 1 aromatic rings. The molecule has 2 rings (SSSR count). The van der Waals surface area contributed by atoms with Gasteiger partial charge in [-0.05, 0) is 29.9 Å². The lowest BCUT2D eigenvalue weighted by atomic mass is 9.95. The summed E-state index contributed by atoms with van der Waals surface area (Å²) in [5, 5.41) is 0.289. The lowest BCUT2D eigenvalue weighted by molar-refractivity contribution is -0.125. The molecule has 1 fully saturated rings. The molecule has 5 heteroatoms. The molecule has 114 valence electrons. The molecule has 0 bridgehead atoms. The second kappa shape index (κ2) is 6.14. The van der Waals surface area contributed by atoms with Crippen LogP contribution >= 0.6 is 11.6 Å². The first-order valence-corrected chi connectivity index (χ1v) is 7.69. The van der Waals surface area contributed by atoms with Crippen molar-refractivity contribution in [2.75, 3.05) is 6.54 Å². The van der Waals surface area contributed by atoms with Gasteiger partial charge < -0.3 is 0 Å². The van der Waals surface area contributed by atoms with Crippen molar-refractivity contribution in [1.29, 1.82) is 0 Å². The Bertz CT molecular complexity index is 569. The molecule has 0 radical (unpaired) electrons. The summed E-state index contributed by atoms with van der Waals surface area (Å²) in [6.07, 6.45) is 0.444. The molecule has 1 aromatic heterocycles. The highest BCUT2D eigenvalue weighted by atomic mass is 35.5. The third kappa shape index (κ3) is 3.43. The van der Waals surface area contributed by atoms with Crippen molar-refractivity contribution < 1.29 is 9.59 Å². The second-order valence-corrected chi connectivity index (χ2v) is 6.66. The zero-order valence-corrected chi connectivity index (χ0v) is 13.6. The lowest BCUT2D eigenvalue weighted by Crippen LogP contribution is -2.32. The van der Waals surface area contributed by atoms with E-state index >= 15 is 0 Å². The number of imide groups is 1. The number of hydrogen-bond donors (Lipinski definition) is 0. The molecule has 1 saturated heterocycles. The smallest absolute Gasteiger partial charge is 0.260 e. The largest absolute Gasteiger partial charge is 0.278 e. The Balaban J connectivity index is 2.26. The second-order valence-electron chi connectivity index (χ2n) is 6.28. The molecule has 0 N–H and O–H groups in total. The first kappa shape index (κ1) is 16.0. The fourth-order valence-corrected chi connectivity index (χ4v) is 2.69. The Morgan fingerprint density at radius 1 is 1.33 bits per heavy atom. The molecule has 1 aliphatic rings. The highest BCUT2D eigenvalue weighted by molar-refractivity contribution is 6.29. The topological polar surface area (TPSA) is 50.3 Å². The van der Waals surface area contributed by atoms with Crippen molar-refractivity contribution in [3.63, 3.8) is 0 Å². The van der Waals surface area contributed by atoms with Crippen LogP contribution in [0.1, 0.15) is 56.1 Å². The Morgan fingerprint density at radius 3 is 2.52 bits per heavy atom. The average molecular weight is 309 g/mol. The Morgan fingerprint density at radius 2 is 2.00 bits per heavy atom. The number of aromatic nitrogens is 1. The summed E-state index contributed by atoms with van der Waals surface area (Å²) >= 11 is 5.99. The fourth-order valence-electron chi connectivity index (χ4n) is 2.47. The molecule has 1 aliphatic heterocycles. The van der Waals surface area contributed by atoms with Crippen LogP contribution in [0.25, 0.3) is 0 Å². The van der Waals surface area contributed by atoms with Crippen LogP contribution < -0.4 is 0 Å². The zero-order valence-electron chi connectivity index (χ0n) is 12.9. The molecule has 1 unspecified atom stereocenters. The predicted octanol–water partition coefficient (Wildman–Crippen LogP) is 3.50. The van der Waals surface area contributed by atoms with Crippen molar-refractivity contribution >= 4 is 23.4 Å². The van der Waals surface area contributed by atoms with Gasteiger partial charge in [0.1, 0.15) is 5.15 Å². The van der Waals surface area contributed by atoms with Gasteiger partial charge >= 0.3 is 0 Å². The van der Waals surface area contributed by atoms with Crippen LogP contribution in [0.5, 0.6) is 0 Å². The maximum Gasteiger partial charge on any atom is 0.260 e. The van der Waals surface area contributed by atoms with E-state index in [4.69, 9.17) is 11.6 Å². The number of pyridine rings is 1. The normalized spacial score (nSPS) is 18.9. The van der Waals surface area contributed by atoms with E-state index in [0.29, 0.717) is 24.4 Å². The van der Waals surface area contributed by atoms with Gasteiger partial charge in [0.05, 0.1) is 0 Å². The summed E-state index contributed by atoms with van der Waals surface area (Å²) in [6, 6.07) is 3.26. The first-order chi connectivity index (χ1) is 9.79. The van der Waals surface area contributed by atoms with Gasteiger partial charge in [-0.3, -0.25) is 14.5 Å². The first-order valence-electron chi connectivity index (χ1n) is 7.31. The molecule has 2 amide bonds. The molecule has 0 aromatic carbocycles. The molecular weight excluding hydrogens is 288 g/mol. The van der Waals surface area contributed by atoms with Crippen molar-refractivity contribution in [1.82, 2.24) is 9.88 Å². The molecule has 1 atom stereocenters. The number of rotatable bonds is 3. The number of hydrogen-bond acceptors (Lipinski definition) is 3. The molecule has 0 saturated carbocycles. The van der Waals surface area contributed by atoms with E-state index in [1.807, 2.05) is 13.8 Å². The summed E-state index contributed by atoms with van der Waals surface area (Å²) < 4.78 is 0. The van der Waals surface area contributed by atoms with E-state index in [2.05, 4.69) is 18.8 Å². The van der Waals surface area contributed by atoms with Crippen LogP contribution in [0.4, 0.5) is 0 Å². The summed E-state index contributed by atoms with van der Waals surface area (Å²) in [5.41, 5.74) is 1.20. The van der Waals surface area contributed by atoms with Gasteiger partial charge in [-0.1, -0.05) is 39.3 Å². The van der Waals surface area contributed by atoms with Crippen molar-refractivity contribution in [2.24, 2.45) is 11.8 Å². The van der Waals surface area contributed by atoms with Gasteiger partial charge in [0.15, 0.2) is 0 Å². The number of nitrogens with zero attached hydrogens (tertiary/aromatic N) is 2.